The van der Waals surface area contributed by atoms with Crippen LogP contribution in [0.25, 0.3) is 0 Å². The van der Waals surface area contributed by atoms with Crippen LogP contribution in [0.15, 0.2) is 22.7 Å². The summed E-state index contributed by atoms with van der Waals surface area (Å²) in [5.74, 6) is 0.294. The maximum atomic E-state index is 9.65. The van der Waals surface area contributed by atoms with Crippen LogP contribution in [0, 0.1) is 0 Å². The van der Waals surface area contributed by atoms with Gasteiger partial charge in [0.25, 0.3) is 0 Å². The van der Waals surface area contributed by atoms with E-state index in [1.54, 1.807) is 12.1 Å². The molecule has 1 aromatic rings. The SMILES string of the molecule is CC(NCCCO)c1cc(Br)ccc1O. The van der Waals surface area contributed by atoms with Crippen molar-refractivity contribution in [1.29, 1.82) is 0 Å². The molecule has 0 radical (unpaired) electrons. The zero-order valence-electron chi connectivity index (χ0n) is 8.70. The first-order chi connectivity index (χ1) is 7.15. The van der Waals surface area contributed by atoms with Crippen LogP contribution in [0.2, 0.25) is 0 Å². The lowest BCUT2D eigenvalue weighted by Crippen LogP contribution is -2.20. The standard InChI is InChI=1S/C11H16BrNO2/c1-8(13-5-2-6-14)10-7-9(12)3-4-11(10)15/h3-4,7-8,13-15H,2,5-6H2,1H3. The molecule has 0 heterocycles. The summed E-state index contributed by atoms with van der Waals surface area (Å²) in [7, 11) is 0. The van der Waals surface area contributed by atoms with Crippen molar-refractivity contribution in [3.63, 3.8) is 0 Å². The topological polar surface area (TPSA) is 52.5 Å². The molecule has 1 atom stereocenters. The van der Waals surface area contributed by atoms with E-state index in [1.807, 2.05) is 13.0 Å². The molecule has 0 aliphatic carbocycles. The molecule has 3 N–H and O–H groups in total. The lowest BCUT2D eigenvalue weighted by Gasteiger charge is -2.15. The molecule has 0 fully saturated rings. The largest absolute Gasteiger partial charge is 0.508 e. The average molecular weight is 274 g/mol. The molecule has 1 unspecified atom stereocenters. The van der Waals surface area contributed by atoms with Crippen LogP contribution in [-0.2, 0) is 0 Å². The van der Waals surface area contributed by atoms with E-state index >= 15 is 0 Å². The first-order valence-electron chi connectivity index (χ1n) is 4.98. The van der Waals surface area contributed by atoms with Crippen molar-refractivity contribution in [2.75, 3.05) is 13.2 Å². The van der Waals surface area contributed by atoms with Gasteiger partial charge in [0.2, 0.25) is 0 Å². The van der Waals surface area contributed by atoms with Gasteiger partial charge < -0.3 is 15.5 Å². The molecule has 3 nitrogen and oxygen atoms in total. The van der Waals surface area contributed by atoms with Gasteiger partial charge in [0, 0.05) is 22.7 Å². The Labute approximate surface area is 98.3 Å². The fourth-order valence-electron chi connectivity index (χ4n) is 1.38. The molecule has 0 aliphatic rings. The van der Waals surface area contributed by atoms with E-state index in [4.69, 9.17) is 5.11 Å². The smallest absolute Gasteiger partial charge is 0.120 e. The Kier molecular flexibility index (Phi) is 5.08. The van der Waals surface area contributed by atoms with Crippen LogP contribution in [0.3, 0.4) is 0 Å². The van der Waals surface area contributed by atoms with Crippen molar-refractivity contribution < 1.29 is 10.2 Å². The third-order valence-corrected chi connectivity index (χ3v) is 2.73. The highest BCUT2D eigenvalue weighted by molar-refractivity contribution is 9.10. The maximum Gasteiger partial charge on any atom is 0.120 e. The molecule has 1 aromatic carbocycles. The molecule has 0 saturated carbocycles. The fourth-order valence-corrected chi connectivity index (χ4v) is 1.76. The van der Waals surface area contributed by atoms with Crippen LogP contribution in [-0.4, -0.2) is 23.4 Å². The van der Waals surface area contributed by atoms with Crippen LogP contribution >= 0.6 is 15.9 Å². The van der Waals surface area contributed by atoms with Gasteiger partial charge in [0.1, 0.15) is 5.75 Å². The van der Waals surface area contributed by atoms with E-state index < -0.39 is 0 Å². The molecular formula is C11H16BrNO2. The average Bonchev–Trinajstić information content (AvgIpc) is 2.22. The number of aliphatic hydroxyl groups is 1. The van der Waals surface area contributed by atoms with Gasteiger partial charge in [0.05, 0.1) is 0 Å². The molecule has 1 rings (SSSR count). The highest BCUT2D eigenvalue weighted by atomic mass is 79.9. The number of rotatable bonds is 5. The normalized spacial score (nSPS) is 12.7. The highest BCUT2D eigenvalue weighted by Gasteiger charge is 2.09. The summed E-state index contributed by atoms with van der Waals surface area (Å²) in [5.41, 5.74) is 0.863. The minimum absolute atomic E-state index is 0.0778. The minimum Gasteiger partial charge on any atom is -0.508 e. The number of hydrogen-bond donors (Lipinski definition) is 3. The van der Waals surface area contributed by atoms with Crippen molar-refractivity contribution >= 4 is 15.9 Å². The van der Waals surface area contributed by atoms with Crippen LogP contribution < -0.4 is 5.32 Å². The van der Waals surface area contributed by atoms with E-state index in [9.17, 15) is 5.11 Å². The van der Waals surface area contributed by atoms with Crippen molar-refractivity contribution in [1.82, 2.24) is 5.32 Å². The molecule has 4 heteroatoms. The third-order valence-electron chi connectivity index (χ3n) is 2.24. The Morgan fingerprint density at radius 1 is 1.47 bits per heavy atom. The Morgan fingerprint density at radius 3 is 2.87 bits per heavy atom. The van der Waals surface area contributed by atoms with Crippen LogP contribution in [0.5, 0.6) is 5.75 Å². The summed E-state index contributed by atoms with van der Waals surface area (Å²) < 4.78 is 0.950. The lowest BCUT2D eigenvalue weighted by atomic mass is 10.1. The predicted molar refractivity (Wildman–Crippen MR) is 63.9 cm³/mol. The van der Waals surface area contributed by atoms with E-state index in [-0.39, 0.29) is 12.6 Å². The van der Waals surface area contributed by atoms with Crippen molar-refractivity contribution in [2.45, 2.75) is 19.4 Å². The number of benzene rings is 1. The molecule has 15 heavy (non-hydrogen) atoms. The summed E-state index contributed by atoms with van der Waals surface area (Å²) in [6.07, 6.45) is 0.721. The molecule has 0 aliphatic heterocycles. The minimum atomic E-state index is 0.0778. The summed E-state index contributed by atoms with van der Waals surface area (Å²) >= 11 is 3.37. The Bertz CT molecular complexity index is 317. The second-order valence-corrected chi connectivity index (χ2v) is 4.37. The molecule has 0 spiro atoms. The third kappa shape index (κ3) is 3.81. The number of hydrogen-bond acceptors (Lipinski definition) is 3. The van der Waals surface area contributed by atoms with Gasteiger partial charge in [-0.15, -0.1) is 0 Å². The molecular weight excluding hydrogens is 258 g/mol. The maximum absolute atomic E-state index is 9.65. The van der Waals surface area contributed by atoms with Gasteiger partial charge in [-0.2, -0.15) is 0 Å². The van der Waals surface area contributed by atoms with Gasteiger partial charge in [-0.25, -0.2) is 0 Å². The second kappa shape index (κ2) is 6.10. The molecule has 0 aromatic heterocycles. The number of nitrogens with one attached hydrogen (secondary N) is 1. The molecule has 0 bridgehead atoms. The number of phenolic OH excluding ortho intramolecular Hbond substituents is 1. The predicted octanol–water partition coefficient (Wildman–Crippen LogP) is 2.19. The molecule has 84 valence electrons. The quantitative estimate of drug-likeness (QED) is 0.721. The lowest BCUT2D eigenvalue weighted by molar-refractivity contribution is 0.283. The van der Waals surface area contributed by atoms with Crippen molar-refractivity contribution in [2.24, 2.45) is 0 Å². The van der Waals surface area contributed by atoms with Gasteiger partial charge in [-0.05, 0) is 38.1 Å². The molecule has 0 amide bonds. The van der Waals surface area contributed by atoms with Gasteiger partial charge in [-0.3, -0.25) is 0 Å². The highest BCUT2D eigenvalue weighted by Crippen LogP contribution is 2.27. The first kappa shape index (κ1) is 12.5. The first-order valence-corrected chi connectivity index (χ1v) is 5.77. The summed E-state index contributed by atoms with van der Waals surface area (Å²) in [5, 5.41) is 21.5. The zero-order chi connectivity index (χ0) is 11.3. The summed E-state index contributed by atoms with van der Waals surface area (Å²) in [6.45, 7) is 2.91. The van der Waals surface area contributed by atoms with Crippen molar-refractivity contribution in [3.8, 4) is 5.75 Å². The number of halogens is 1. The zero-order valence-corrected chi connectivity index (χ0v) is 10.3. The number of aromatic hydroxyl groups is 1. The van der Waals surface area contributed by atoms with E-state index in [0.29, 0.717) is 5.75 Å². The van der Waals surface area contributed by atoms with Crippen molar-refractivity contribution in [3.05, 3.63) is 28.2 Å². The Balaban J connectivity index is 2.64. The summed E-state index contributed by atoms with van der Waals surface area (Å²) in [6, 6.07) is 5.45. The Morgan fingerprint density at radius 2 is 2.20 bits per heavy atom. The van der Waals surface area contributed by atoms with Gasteiger partial charge in [-0.1, -0.05) is 15.9 Å². The van der Waals surface area contributed by atoms with E-state index in [2.05, 4.69) is 21.2 Å². The van der Waals surface area contributed by atoms with Crippen LogP contribution in [0.1, 0.15) is 24.9 Å². The van der Waals surface area contributed by atoms with E-state index in [1.165, 1.54) is 0 Å². The fraction of sp³-hybridized carbons (Fsp3) is 0.455. The number of aliphatic hydroxyl groups excluding tert-OH is 1. The van der Waals surface area contributed by atoms with Gasteiger partial charge >= 0.3 is 0 Å². The molecule has 0 saturated heterocycles. The van der Waals surface area contributed by atoms with Gasteiger partial charge in [0.15, 0.2) is 0 Å². The monoisotopic (exact) mass is 273 g/mol. The second-order valence-electron chi connectivity index (χ2n) is 3.46. The summed E-state index contributed by atoms with van der Waals surface area (Å²) in [4.78, 5) is 0. The number of phenols is 1. The van der Waals surface area contributed by atoms with Crippen LogP contribution in [0.4, 0.5) is 0 Å². The van der Waals surface area contributed by atoms with E-state index in [0.717, 1.165) is 23.0 Å². The Hall–Kier alpha value is -0.580.